The largest absolute Gasteiger partial charge is 0.444 e. The molecule has 20 nitrogen and oxygen atoms in total. The molecule has 6 heterocycles. The lowest BCUT2D eigenvalue weighted by atomic mass is 9.96. The van der Waals surface area contributed by atoms with Crippen molar-refractivity contribution in [2.75, 3.05) is 50.1 Å². The number of pyridine rings is 2. The second-order valence-corrected chi connectivity index (χ2v) is 25.4. The minimum Gasteiger partial charge on any atom is -0.444 e. The normalized spacial score (nSPS) is 15.9. The highest BCUT2D eigenvalue weighted by Crippen LogP contribution is 2.36. The van der Waals surface area contributed by atoms with Gasteiger partial charge in [-0.3, -0.25) is 19.6 Å². The number of benzene rings is 2. The number of amides is 4. The first-order chi connectivity index (χ1) is 38.5. The standard InChI is InChI=1S/2C31H42N6O4/c2*1-20-16-21(11-12-22(20)17-33-26(38)27-34-28(35-41-27)30(2,3)4)24-13-14-32-18-25(24)37-15-9-10-23(19-37)36(8)29(39)40-31(5,6)7/h2*11-14,16,18,23H,9-10,15,17,19H2,1-8H3,(H,33,38). The number of aryl methyl sites for hydroxylation is 2. The van der Waals surface area contributed by atoms with Crippen molar-refractivity contribution in [3.05, 3.63) is 119 Å². The van der Waals surface area contributed by atoms with E-state index in [1.54, 1.807) is 22.2 Å². The third-order valence-electron chi connectivity index (χ3n) is 14.3. The van der Waals surface area contributed by atoms with E-state index in [2.05, 4.69) is 74.9 Å². The molecule has 0 spiro atoms. The minimum absolute atomic E-state index is 0.0391. The van der Waals surface area contributed by atoms with Crippen LogP contribution < -0.4 is 20.4 Å². The van der Waals surface area contributed by atoms with E-state index >= 15 is 0 Å². The lowest BCUT2D eigenvalue weighted by Crippen LogP contribution is -2.50. The summed E-state index contributed by atoms with van der Waals surface area (Å²) in [5, 5.41) is 13.6. The molecule has 2 aliphatic rings. The number of nitrogens with zero attached hydrogens (tertiary/aromatic N) is 10. The van der Waals surface area contributed by atoms with Gasteiger partial charge in [0.15, 0.2) is 11.6 Å². The fourth-order valence-corrected chi connectivity index (χ4v) is 9.58. The van der Waals surface area contributed by atoms with Gasteiger partial charge in [0.05, 0.1) is 35.9 Å². The Kier molecular flexibility index (Phi) is 19.2. The lowest BCUT2D eigenvalue weighted by molar-refractivity contribution is 0.0199. The number of piperidine rings is 2. The smallest absolute Gasteiger partial charge is 0.410 e. The van der Waals surface area contributed by atoms with E-state index in [1.807, 2.05) is 148 Å². The zero-order valence-corrected chi connectivity index (χ0v) is 50.9. The van der Waals surface area contributed by atoms with Gasteiger partial charge in [-0.05, 0) is 127 Å². The summed E-state index contributed by atoms with van der Waals surface area (Å²) in [7, 11) is 3.63. The molecule has 2 unspecified atom stereocenters. The number of carbonyl (C=O) groups excluding carboxylic acids is 4. The first-order valence-electron chi connectivity index (χ1n) is 28.2. The predicted molar refractivity (Wildman–Crippen MR) is 316 cm³/mol. The molecule has 2 atom stereocenters. The summed E-state index contributed by atoms with van der Waals surface area (Å²) in [6.45, 7) is 31.0. The van der Waals surface area contributed by atoms with Gasteiger partial charge in [-0.2, -0.15) is 9.97 Å². The average Bonchev–Trinajstić information content (AvgIpc) is 4.28. The Balaban J connectivity index is 0.000000236. The van der Waals surface area contributed by atoms with Gasteiger partial charge in [0, 0.05) is 87.7 Å². The van der Waals surface area contributed by atoms with Gasteiger partial charge >= 0.3 is 35.8 Å². The number of anilines is 2. The van der Waals surface area contributed by atoms with Gasteiger partial charge in [0.25, 0.3) is 0 Å². The number of aromatic nitrogens is 6. The summed E-state index contributed by atoms with van der Waals surface area (Å²) < 4.78 is 21.5. The maximum atomic E-state index is 12.7. The third kappa shape index (κ3) is 16.2. The summed E-state index contributed by atoms with van der Waals surface area (Å²) in [5.41, 5.74) is 8.72. The Morgan fingerprint density at radius 1 is 0.585 bits per heavy atom. The van der Waals surface area contributed by atoms with Crippen LogP contribution in [0.5, 0.6) is 0 Å². The Bertz CT molecular complexity index is 2990. The van der Waals surface area contributed by atoms with Crippen LogP contribution in [0.25, 0.3) is 22.3 Å². The minimum atomic E-state index is -0.536. The molecular weight excluding hydrogens is 1040 g/mol. The van der Waals surface area contributed by atoms with Gasteiger partial charge in [-0.1, -0.05) is 88.3 Å². The number of rotatable bonds is 12. The molecule has 2 fully saturated rings. The Morgan fingerprint density at radius 3 is 1.29 bits per heavy atom. The molecule has 2 aliphatic heterocycles. The summed E-state index contributed by atoms with van der Waals surface area (Å²) in [6, 6.07) is 16.5. The second-order valence-electron chi connectivity index (χ2n) is 25.4. The van der Waals surface area contributed by atoms with E-state index in [0.717, 1.165) is 94.7 Å². The maximum absolute atomic E-state index is 12.7. The van der Waals surface area contributed by atoms with Crippen LogP contribution in [0.2, 0.25) is 0 Å². The molecule has 0 radical (unpaired) electrons. The van der Waals surface area contributed by atoms with Crippen molar-refractivity contribution in [1.82, 2.24) is 50.7 Å². The van der Waals surface area contributed by atoms with Crippen molar-refractivity contribution in [3.8, 4) is 22.3 Å². The molecular formula is C62H84N12O8. The lowest BCUT2D eigenvalue weighted by Gasteiger charge is -2.39. The van der Waals surface area contributed by atoms with E-state index < -0.39 is 23.0 Å². The highest BCUT2D eigenvalue weighted by atomic mass is 16.6. The summed E-state index contributed by atoms with van der Waals surface area (Å²) in [5.74, 6) is 0.110. The first kappa shape index (κ1) is 61.7. The Hall–Kier alpha value is -7.90. The maximum Gasteiger partial charge on any atom is 0.410 e. The highest BCUT2D eigenvalue weighted by Gasteiger charge is 2.33. The quantitative estimate of drug-likeness (QED) is 0.116. The van der Waals surface area contributed by atoms with Crippen LogP contribution in [0.4, 0.5) is 21.0 Å². The molecule has 440 valence electrons. The van der Waals surface area contributed by atoms with E-state index in [9.17, 15) is 19.2 Å². The Labute approximate surface area is 483 Å². The van der Waals surface area contributed by atoms with Crippen molar-refractivity contribution >= 4 is 35.4 Å². The molecule has 2 saturated heterocycles. The average molecular weight is 1130 g/mol. The Morgan fingerprint density at radius 2 is 0.963 bits per heavy atom. The molecule has 82 heavy (non-hydrogen) atoms. The van der Waals surface area contributed by atoms with Crippen LogP contribution >= 0.6 is 0 Å². The molecule has 0 saturated carbocycles. The van der Waals surface area contributed by atoms with Gasteiger partial charge in [0.2, 0.25) is 0 Å². The fourth-order valence-electron chi connectivity index (χ4n) is 9.58. The van der Waals surface area contributed by atoms with Crippen molar-refractivity contribution in [2.45, 2.75) is 170 Å². The number of carbonyl (C=O) groups is 4. The predicted octanol–water partition coefficient (Wildman–Crippen LogP) is 11.0. The summed E-state index contributed by atoms with van der Waals surface area (Å²) in [4.78, 5) is 76.0. The number of hydrogen-bond acceptors (Lipinski definition) is 16. The first-order valence-corrected chi connectivity index (χ1v) is 28.2. The van der Waals surface area contributed by atoms with Crippen molar-refractivity contribution in [2.24, 2.45) is 0 Å². The van der Waals surface area contributed by atoms with E-state index in [1.165, 1.54) is 0 Å². The number of nitrogens with one attached hydrogen (secondary N) is 2. The summed E-state index contributed by atoms with van der Waals surface area (Å²) in [6.07, 6.45) is 10.5. The molecule has 20 heteroatoms. The zero-order chi connectivity index (χ0) is 59.9. The van der Waals surface area contributed by atoms with Gasteiger partial charge < -0.3 is 48.8 Å². The topological polar surface area (TPSA) is 227 Å². The molecule has 0 bridgehead atoms. The number of hydrogen-bond donors (Lipinski definition) is 2. The number of ether oxygens (including phenoxy) is 2. The molecule has 6 aromatic rings. The van der Waals surface area contributed by atoms with Crippen LogP contribution in [-0.4, -0.2) is 128 Å². The van der Waals surface area contributed by atoms with E-state index in [0.29, 0.717) is 37.8 Å². The number of likely N-dealkylation sites (N-methyl/N-ethyl adjacent to an activating group) is 2. The molecule has 0 aliphatic carbocycles. The van der Waals surface area contributed by atoms with E-state index in [-0.39, 0.29) is 46.9 Å². The van der Waals surface area contributed by atoms with Gasteiger partial charge in [-0.25, -0.2) is 9.59 Å². The molecule has 2 N–H and O–H groups in total. The van der Waals surface area contributed by atoms with Crippen molar-refractivity contribution in [1.29, 1.82) is 0 Å². The molecule has 8 rings (SSSR count). The SMILES string of the molecule is Cc1cc(-c2ccncc2N2CCCC(N(C)C(=O)OC(C)(C)C)C2)ccc1CNC(=O)c1nc(C(C)(C)C)no1.Cc1cc(-c2ccncc2N2CCCC(N(C)C(=O)OC(C)(C)C)C2)ccc1CNC(=O)c1nc(C(C)(C)C)no1. The second kappa shape index (κ2) is 25.5. The van der Waals surface area contributed by atoms with Crippen molar-refractivity contribution in [3.63, 3.8) is 0 Å². The van der Waals surface area contributed by atoms with Gasteiger partial charge in [0.1, 0.15) is 11.2 Å². The molecule has 4 aromatic heterocycles. The summed E-state index contributed by atoms with van der Waals surface area (Å²) >= 11 is 0. The van der Waals surface area contributed by atoms with Crippen LogP contribution in [-0.2, 0) is 33.4 Å². The monoisotopic (exact) mass is 1120 g/mol. The van der Waals surface area contributed by atoms with Crippen LogP contribution in [0.15, 0.2) is 82.4 Å². The highest BCUT2D eigenvalue weighted by molar-refractivity contribution is 5.90. The molecule has 2 aromatic carbocycles. The van der Waals surface area contributed by atoms with Crippen LogP contribution in [0.3, 0.4) is 0 Å². The molecule has 4 amide bonds. The van der Waals surface area contributed by atoms with Crippen LogP contribution in [0.1, 0.15) is 164 Å². The van der Waals surface area contributed by atoms with Crippen molar-refractivity contribution < 1.29 is 37.7 Å². The van der Waals surface area contributed by atoms with Gasteiger partial charge in [-0.15, -0.1) is 0 Å². The van der Waals surface area contributed by atoms with E-state index in [4.69, 9.17) is 18.5 Å². The fraction of sp³-hybridized carbons (Fsp3) is 0.516. The zero-order valence-electron chi connectivity index (χ0n) is 50.9. The van der Waals surface area contributed by atoms with Crippen LogP contribution in [0, 0.1) is 13.8 Å². The third-order valence-corrected chi connectivity index (χ3v) is 14.3.